The van der Waals surface area contributed by atoms with E-state index in [9.17, 15) is 13.2 Å². The Kier molecular flexibility index (Phi) is 4.09. The molecule has 0 radical (unpaired) electrons. The molecular weight excluding hydrogens is 276 g/mol. The van der Waals surface area contributed by atoms with Crippen LogP contribution >= 0.6 is 0 Å². The van der Waals surface area contributed by atoms with E-state index < -0.39 is 9.84 Å². The summed E-state index contributed by atoms with van der Waals surface area (Å²) in [6.07, 6.45) is 0.486. The van der Waals surface area contributed by atoms with Crippen LogP contribution in [0.1, 0.15) is 29.3 Å². The van der Waals surface area contributed by atoms with Crippen molar-refractivity contribution in [2.45, 2.75) is 19.4 Å². The van der Waals surface area contributed by atoms with Crippen LogP contribution < -0.4 is 0 Å². The molecule has 1 aromatic carbocycles. The first-order valence-electron chi connectivity index (χ1n) is 6.48. The Morgan fingerprint density at radius 1 is 1.50 bits per heavy atom. The van der Waals surface area contributed by atoms with Crippen LogP contribution in [-0.4, -0.2) is 43.3 Å². The Labute approximate surface area is 118 Å². The van der Waals surface area contributed by atoms with E-state index in [0.717, 1.165) is 0 Å². The summed E-state index contributed by atoms with van der Waals surface area (Å²) in [4.78, 5) is 14.0. The van der Waals surface area contributed by atoms with E-state index in [1.807, 2.05) is 13.0 Å². The third kappa shape index (κ3) is 2.99. The van der Waals surface area contributed by atoms with Crippen LogP contribution in [0.4, 0.5) is 0 Å². The maximum absolute atomic E-state index is 12.5. The van der Waals surface area contributed by atoms with Gasteiger partial charge in [0.05, 0.1) is 23.1 Å². The Morgan fingerprint density at radius 2 is 2.25 bits per heavy atom. The van der Waals surface area contributed by atoms with Gasteiger partial charge in [-0.05, 0) is 31.5 Å². The van der Waals surface area contributed by atoms with Gasteiger partial charge < -0.3 is 4.90 Å². The first kappa shape index (κ1) is 14.5. The second-order valence-corrected chi connectivity index (χ2v) is 7.07. The summed E-state index contributed by atoms with van der Waals surface area (Å²) in [6.45, 7) is 2.28. The molecule has 1 aliphatic heterocycles. The minimum absolute atomic E-state index is 0.0323. The monoisotopic (exact) mass is 292 g/mol. The fourth-order valence-electron chi connectivity index (χ4n) is 2.48. The molecule has 1 fully saturated rings. The van der Waals surface area contributed by atoms with E-state index in [4.69, 9.17) is 5.26 Å². The number of carbonyl (C=O) groups is 1. The topological polar surface area (TPSA) is 78.2 Å². The van der Waals surface area contributed by atoms with Crippen LogP contribution in [0.5, 0.6) is 0 Å². The lowest BCUT2D eigenvalue weighted by Gasteiger charge is -2.27. The molecule has 1 aromatic rings. The predicted octanol–water partition coefficient (Wildman–Crippen LogP) is 1.21. The number of carbonyl (C=O) groups excluding carboxylic acids is 1. The van der Waals surface area contributed by atoms with Crippen molar-refractivity contribution < 1.29 is 13.2 Å². The summed E-state index contributed by atoms with van der Waals surface area (Å²) < 4.78 is 23.1. The minimum Gasteiger partial charge on any atom is -0.335 e. The summed E-state index contributed by atoms with van der Waals surface area (Å²) in [5, 5.41) is 8.87. The Hall–Kier alpha value is -1.87. The van der Waals surface area contributed by atoms with Crippen molar-refractivity contribution >= 4 is 15.7 Å². The van der Waals surface area contributed by atoms with Gasteiger partial charge >= 0.3 is 0 Å². The van der Waals surface area contributed by atoms with Crippen LogP contribution in [0, 0.1) is 11.3 Å². The molecule has 0 bridgehead atoms. The van der Waals surface area contributed by atoms with Gasteiger partial charge in [0.2, 0.25) is 0 Å². The van der Waals surface area contributed by atoms with Gasteiger partial charge in [-0.2, -0.15) is 5.26 Å². The second kappa shape index (κ2) is 5.63. The van der Waals surface area contributed by atoms with Gasteiger partial charge in [-0.15, -0.1) is 0 Å². The number of hydrogen-bond acceptors (Lipinski definition) is 4. The van der Waals surface area contributed by atoms with Crippen LogP contribution in [0.25, 0.3) is 0 Å². The van der Waals surface area contributed by atoms with Crippen molar-refractivity contribution in [1.29, 1.82) is 5.26 Å². The molecule has 5 nitrogen and oxygen atoms in total. The van der Waals surface area contributed by atoms with Gasteiger partial charge in [0.1, 0.15) is 0 Å². The maximum Gasteiger partial charge on any atom is 0.254 e. The smallest absolute Gasteiger partial charge is 0.254 e. The zero-order valence-electron chi connectivity index (χ0n) is 11.2. The Morgan fingerprint density at radius 3 is 2.80 bits per heavy atom. The van der Waals surface area contributed by atoms with Crippen molar-refractivity contribution in [3.8, 4) is 6.07 Å². The highest BCUT2D eigenvalue weighted by molar-refractivity contribution is 7.91. The molecule has 0 N–H and O–H groups in total. The molecule has 0 saturated carbocycles. The van der Waals surface area contributed by atoms with Crippen LogP contribution in [0.15, 0.2) is 24.3 Å². The number of nitriles is 1. The standard InChI is InChI=1S/C14H16N2O3S/c1-2-16(13-6-7-20(18,19)10-13)14(17)12-5-3-4-11(8-12)9-15/h3-5,8,13H,2,6-7,10H2,1H3. The number of sulfone groups is 1. The average Bonchev–Trinajstić information content (AvgIpc) is 2.79. The number of benzene rings is 1. The summed E-state index contributed by atoms with van der Waals surface area (Å²) in [7, 11) is -3.03. The van der Waals surface area contributed by atoms with Gasteiger partial charge in [0.15, 0.2) is 9.84 Å². The molecule has 1 amide bonds. The molecule has 0 spiro atoms. The largest absolute Gasteiger partial charge is 0.335 e. The van der Waals surface area contributed by atoms with Gasteiger partial charge in [-0.25, -0.2) is 8.42 Å². The van der Waals surface area contributed by atoms with E-state index in [-0.39, 0.29) is 23.5 Å². The molecule has 0 aliphatic carbocycles. The van der Waals surface area contributed by atoms with E-state index in [0.29, 0.717) is 24.1 Å². The van der Waals surface area contributed by atoms with Crippen molar-refractivity contribution in [1.82, 2.24) is 4.90 Å². The van der Waals surface area contributed by atoms with Gasteiger partial charge in [-0.3, -0.25) is 4.79 Å². The van der Waals surface area contributed by atoms with Crippen molar-refractivity contribution in [2.75, 3.05) is 18.1 Å². The third-order valence-electron chi connectivity index (χ3n) is 3.49. The van der Waals surface area contributed by atoms with Crippen LogP contribution in [-0.2, 0) is 9.84 Å². The summed E-state index contributed by atoms with van der Waals surface area (Å²) in [6, 6.07) is 8.21. The molecule has 1 atom stereocenters. The quantitative estimate of drug-likeness (QED) is 0.839. The molecule has 1 unspecified atom stereocenters. The lowest BCUT2D eigenvalue weighted by atomic mass is 10.1. The van der Waals surface area contributed by atoms with Gasteiger partial charge in [-0.1, -0.05) is 6.07 Å². The molecule has 106 valence electrons. The summed E-state index contributed by atoms with van der Waals surface area (Å²) in [5.41, 5.74) is 0.848. The highest BCUT2D eigenvalue weighted by Gasteiger charge is 2.34. The normalized spacial score (nSPS) is 20.3. The van der Waals surface area contributed by atoms with Crippen LogP contribution in [0.3, 0.4) is 0 Å². The van der Waals surface area contributed by atoms with Crippen LogP contribution in [0.2, 0.25) is 0 Å². The Bertz CT molecular complexity index is 661. The zero-order valence-corrected chi connectivity index (χ0v) is 12.1. The van der Waals surface area contributed by atoms with Crippen molar-refractivity contribution in [3.05, 3.63) is 35.4 Å². The first-order chi connectivity index (χ1) is 9.46. The molecular formula is C14H16N2O3S. The summed E-state index contributed by atoms with van der Waals surface area (Å²) in [5.74, 6) is -0.0452. The van der Waals surface area contributed by atoms with Crippen molar-refractivity contribution in [3.63, 3.8) is 0 Å². The predicted molar refractivity (Wildman–Crippen MR) is 74.9 cm³/mol. The van der Waals surface area contributed by atoms with Gasteiger partial charge in [0.25, 0.3) is 5.91 Å². The summed E-state index contributed by atoms with van der Waals surface area (Å²) >= 11 is 0. The number of amides is 1. The molecule has 0 aromatic heterocycles. The van der Waals surface area contributed by atoms with E-state index >= 15 is 0 Å². The third-order valence-corrected chi connectivity index (χ3v) is 5.24. The maximum atomic E-state index is 12.5. The Balaban J connectivity index is 2.23. The van der Waals surface area contributed by atoms with E-state index in [1.165, 1.54) is 6.07 Å². The molecule has 1 aliphatic rings. The minimum atomic E-state index is -3.03. The van der Waals surface area contributed by atoms with Crippen molar-refractivity contribution in [2.24, 2.45) is 0 Å². The fourth-order valence-corrected chi connectivity index (χ4v) is 4.21. The molecule has 1 heterocycles. The highest BCUT2D eigenvalue weighted by Crippen LogP contribution is 2.20. The zero-order chi connectivity index (χ0) is 14.8. The lowest BCUT2D eigenvalue weighted by Crippen LogP contribution is -2.41. The number of hydrogen-bond donors (Lipinski definition) is 0. The lowest BCUT2D eigenvalue weighted by molar-refractivity contribution is 0.0708. The number of rotatable bonds is 3. The SMILES string of the molecule is CCN(C(=O)c1cccc(C#N)c1)C1CCS(=O)(=O)C1. The molecule has 20 heavy (non-hydrogen) atoms. The number of nitrogens with zero attached hydrogens (tertiary/aromatic N) is 2. The first-order valence-corrected chi connectivity index (χ1v) is 8.30. The highest BCUT2D eigenvalue weighted by atomic mass is 32.2. The average molecular weight is 292 g/mol. The van der Waals surface area contributed by atoms with E-state index in [2.05, 4.69) is 0 Å². The van der Waals surface area contributed by atoms with Gasteiger partial charge in [0, 0.05) is 18.2 Å². The molecule has 2 rings (SSSR count). The second-order valence-electron chi connectivity index (χ2n) is 4.84. The molecule has 1 saturated heterocycles. The molecule has 6 heteroatoms. The fraction of sp³-hybridized carbons (Fsp3) is 0.429. The van der Waals surface area contributed by atoms with E-state index in [1.54, 1.807) is 23.1 Å².